The van der Waals surface area contributed by atoms with E-state index in [2.05, 4.69) is 45.3 Å². The first kappa shape index (κ1) is 12.9. The highest BCUT2D eigenvalue weighted by Crippen LogP contribution is 2.21. The number of pyridine rings is 2. The van der Waals surface area contributed by atoms with Crippen LogP contribution in [0.5, 0.6) is 0 Å². The van der Waals surface area contributed by atoms with E-state index >= 15 is 0 Å². The van der Waals surface area contributed by atoms with Crippen molar-refractivity contribution in [3.8, 4) is 0 Å². The normalized spacial score (nSPS) is 16.1. The molecule has 3 rings (SSSR count). The van der Waals surface area contributed by atoms with Crippen molar-refractivity contribution < 1.29 is 0 Å². The Morgan fingerprint density at radius 2 is 1.85 bits per heavy atom. The number of aromatic nitrogens is 2. The molecular weight excluding hydrogens is 248 g/mol. The smallest absolute Gasteiger partial charge is 0.0531 e. The summed E-state index contributed by atoms with van der Waals surface area (Å²) in [6.07, 6.45) is 9.81. The van der Waals surface area contributed by atoms with E-state index in [0.29, 0.717) is 6.04 Å². The Morgan fingerprint density at radius 3 is 2.55 bits per heavy atom. The summed E-state index contributed by atoms with van der Waals surface area (Å²) in [6.45, 7) is 4.24. The molecule has 2 aromatic heterocycles. The van der Waals surface area contributed by atoms with Crippen LogP contribution in [0.25, 0.3) is 0 Å². The van der Waals surface area contributed by atoms with Crippen LogP contribution in [0, 0.1) is 6.92 Å². The zero-order chi connectivity index (χ0) is 13.8. The van der Waals surface area contributed by atoms with Crippen LogP contribution in [0.1, 0.15) is 18.4 Å². The fourth-order valence-electron chi connectivity index (χ4n) is 2.71. The third-order valence-electron chi connectivity index (χ3n) is 3.77. The predicted octanol–water partition coefficient (Wildman–Crippen LogP) is 2.87. The Labute approximate surface area is 119 Å². The molecule has 0 atom stereocenters. The molecule has 0 unspecified atom stereocenters. The molecule has 104 valence electrons. The minimum atomic E-state index is 0.539. The molecule has 1 aliphatic rings. The second-order valence-electron chi connectivity index (χ2n) is 5.36. The predicted molar refractivity (Wildman–Crippen MR) is 82.1 cm³/mol. The standard InChI is InChI=1S/C16H20N4/c1-13-10-15(12-18-11-13)19-14-4-8-20(9-5-14)16-2-6-17-7-3-16/h2-3,6-7,10-12,14,19H,4-5,8-9H2,1H3. The summed E-state index contributed by atoms with van der Waals surface area (Å²) in [5.74, 6) is 0. The molecule has 1 aliphatic heterocycles. The van der Waals surface area contributed by atoms with Crippen molar-refractivity contribution in [3.05, 3.63) is 48.5 Å². The topological polar surface area (TPSA) is 41.1 Å². The van der Waals surface area contributed by atoms with Crippen molar-refractivity contribution in [3.63, 3.8) is 0 Å². The van der Waals surface area contributed by atoms with Crippen LogP contribution >= 0.6 is 0 Å². The van der Waals surface area contributed by atoms with Gasteiger partial charge in [0.05, 0.1) is 5.69 Å². The van der Waals surface area contributed by atoms with E-state index in [1.54, 1.807) is 0 Å². The van der Waals surface area contributed by atoms with Gasteiger partial charge in [-0.15, -0.1) is 0 Å². The van der Waals surface area contributed by atoms with Crippen molar-refractivity contribution >= 4 is 11.4 Å². The lowest BCUT2D eigenvalue weighted by atomic mass is 10.0. The van der Waals surface area contributed by atoms with E-state index in [4.69, 9.17) is 0 Å². The van der Waals surface area contributed by atoms with Gasteiger partial charge in [-0.2, -0.15) is 0 Å². The number of piperidine rings is 1. The highest BCUT2D eigenvalue weighted by atomic mass is 15.1. The number of rotatable bonds is 3. The van der Waals surface area contributed by atoms with Crippen molar-refractivity contribution in [2.75, 3.05) is 23.3 Å². The largest absolute Gasteiger partial charge is 0.381 e. The van der Waals surface area contributed by atoms with Crippen LogP contribution in [0.3, 0.4) is 0 Å². The molecule has 4 heteroatoms. The van der Waals surface area contributed by atoms with Gasteiger partial charge in [-0.1, -0.05) is 0 Å². The summed E-state index contributed by atoms with van der Waals surface area (Å²) in [5.41, 5.74) is 3.60. The third-order valence-corrected chi connectivity index (χ3v) is 3.77. The lowest BCUT2D eigenvalue weighted by Crippen LogP contribution is -2.39. The minimum Gasteiger partial charge on any atom is -0.381 e. The van der Waals surface area contributed by atoms with Crippen LogP contribution < -0.4 is 10.2 Å². The molecule has 4 nitrogen and oxygen atoms in total. The highest BCUT2D eigenvalue weighted by molar-refractivity contribution is 5.47. The number of nitrogens with zero attached hydrogens (tertiary/aromatic N) is 3. The third kappa shape index (κ3) is 3.07. The summed E-state index contributed by atoms with van der Waals surface area (Å²) in [6, 6.07) is 6.86. The summed E-state index contributed by atoms with van der Waals surface area (Å²) >= 11 is 0. The number of hydrogen-bond donors (Lipinski definition) is 1. The Morgan fingerprint density at radius 1 is 1.10 bits per heavy atom. The van der Waals surface area contributed by atoms with Gasteiger partial charge in [0, 0.05) is 49.6 Å². The first-order chi connectivity index (χ1) is 9.81. The van der Waals surface area contributed by atoms with Gasteiger partial charge in [-0.3, -0.25) is 9.97 Å². The zero-order valence-corrected chi connectivity index (χ0v) is 11.8. The van der Waals surface area contributed by atoms with Crippen LogP contribution in [0.2, 0.25) is 0 Å². The van der Waals surface area contributed by atoms with E-state index < -0.39 is 0 Å². The van der Waals surface area contributed by atoms with Crippen molar-refractivity contribution in [2.24, 2.45) is 0 Å². The Bertz CT molecular complexity index is 547. The SMILES string of the molecule is Cc1cncc(NC2CCN(c3ccncc3)CC2)c1. The van der Waals surface area contributed by atoms with Gasteiger partial charge >= 0.3 is 0 Å². The van der Waals surface area contributed by atoms with Crippen LogP contribution in [-0.4, -0.2) is 29.1 Å². The first-order valence-electron chi connectivity index (χ1n) is 7.14. The Kier molecular flexibility index (Phi) is 3.81. The molecule has 0 radical (unpaired) electrons. The number of hydrogen-bond acceptors (Lipinski definition) is 4. The average molecular weight is 268 g/mol. The quantitative estimate of drug-likeness (QED) is 0.929. The molecule has 0 aliphatic carbocycles. The molecule has 0 spiro atoms. The minimum absolute atomic E-state index is 0.539. The van der Waals surface area contributed by atoms with Gasteiger partial charge in [0.1, 0.15) is 0 Å². The fraction of sp³-hybridized carbons (Fsp3) is 0.375. The monoisotopic (exact) mass is 268 g/mol. The Hall–Kier alpha value is -2.10. The molecule has 1 saturated heterocycles. The van der Waals surface area contributed by atoms with E-state index in [1.165, 1.54) is 11.3 Å². The van der Waals surface area contributed by atoms with E-state index in [9.17, 15) is 0 Å². The van der Waals surface area contributed by atoms with Gasteiger partial charge < -0.3 is 10.2 Å². The van der Waals surface area contributed by atoms with Gasteiger partial charge in [-0.25, -0.2) is 0 Å². The average Bonchev–Trinajstić information content (AvgIpc) is 2.49. The lowest BCUT2D eigenvalue weighted by molar-refractivity contribution is 0.526. The van der Waals surface area contributed by atoms with Crippen LogP contribution in [0.15, 0.2) is 43.0 Å². The van der Waals surface area contributed by atoms with Crippen LogP contribution in [-0.2, 0) is 0 Å². The molecule has 1 N–H and O–H groups in total. The van der Waals surface area contributed by atoms with E-state index in [0.717, 1.165) is 31.6 Å². The number of aryl methyl sites for hydroxylation is 1. The van der Waals surface area contributed by atoms with Gasteiger partial charge in [0.15, 0.2) is 0 Å². The second-order valence-corrected chi connectivity index (χ2v) is 5.36. The first-order valence-corrected chi connectivity index (χ1v) is 7.14. The van der Waals surface area contributed by atoms with Gasteiger partial charge in [-0.05, 0) is 43.5 Å². The summed E-state index contributed by atoms with van der Waals surface area (Å²) < 4.78 is 0. The lowest BCUT2D eigenvalue weighted by Gasteiger charge is -2.34. The molecule has 0 saturated carbocycles. The summed E-state index contributed by atoms with van der Waals surface area (Å²) in [5, 5.41) is 3.59. The maximum absolute atomic E-state index is 4.23. The molecule has 0 amide bonds. The highest BCUT2D eigenvalue weighted by Gasteiger charge is 2.19. The molecule has 3 heterocycles. The number of anilines is 2. The molecule has 0 bridgehead atoms. The van der Waals surface area contributed by atoms with E-state index in [1.807, 2.05) is 24.8 Å². The summed E-state index contributed by atoms with van der Waals surface area (Å²) in [7, 11) is 0. The number of nitrogens with one attached hydrogen (secondary N) is 1. The molecular formula is C16H20N4. The zero-order valence-electron chi connectivity index (χ0n) is 11.8. The fourth-order valence-corrected chi connectivity index (χ4v) is 2.71. The van der Waals surface area contributed by atoms with Crippen molar-refractivity contribution in [1.82, 2.24) is 9.97 Å². The second kappa shape index (κ2) is 5.90. The van der Waals surface area contributed by atoms with Crippen molar-refractivity contribution in [2.45, 2.75) is 25.8 Å². The van der Waals surface area contributed by atoms with Gasteiger partial charge in [0.25, 0.3) is 0 Å². The Balaban J connectivity index is 1.56. The molecule has 2 aromatic rings. The molecule has 1 fully saturated rings. The molecule has 0 aromatic carbocycles. The maximum atomic E-state index is 4.23. The molecule has 20 heavy (non-hydrogen) atoms. The summed E-state index contributed by atoms with van der Waals surface area (Å²) in [4.78, 5) is 10.7. The van der Waals surface area contributed by atoms with Crippen molar-refractivity contribution in [1.29, 1.82) is 0 Å². The maximum Gasteiger partial charge on any atom is 0.0531 e. The van der Waals surface area contributed by atoms with Gasteiger partial charge in [0.2, 0.25) is 0 Å². The van der Waals surface area contributed by atoms with E-state index in [-0.39, 0.29) is 0 Å². The van der Waals surface area contributed by atoms with Crippen LogP contribution in [0.4, 0.5) is 11.4 Å².